The fourth-order valence-corrected chi connectivity index (χ4v) is 3.22. The molecule has 1 amide bonds. The van der Waals surface area contributed by atoms with Gasteiger partial charge in [-0.3, -0.25) is 9.47 Å². The van der Waals surface area contributed by atoms with Crippen molar-refractivity contribution in [3.05, 3.63) is 77.8 Å². The second kappa shape index (κ2) is 8.35. The summed E-state index contributed by atoms with van der Waals surface area (Å²) < 4.78 is 7.42. The molecule has 0 saturated carbocycles. The highest BCUT2D eigenvalue weighted by atomic mass is 35.5. The molecule has 0 N–H and O–H groups in total. The molecule has 0 unspecified atom stereocenters. The normalized spacial score (nSPS) is 11.5. The third-order valence-electron chi connectivity index (χ3n) is 4.39. The molecule has 31 heavy (non-hydrogen) atoms. The van der Waals surface area contributed by atoms with Gasteiger partial charge >= 0.3 is 6.09 Å². The van der Waals surface area contributed by atoms with Crippen molar-refractivity contribution in [2.24, 2.45) is 0 Å². The van der Waals surface area contributed by atoms with Crippen molar-refractivity contribution in [3.63, 3.8) is 0 Å². The first-order chi connectivity index (χ1) is 14.8. The summed E-state index contributed by atoms with van der Waals surface area (Å²) in [6.45, 7) is 5.76. The Bertz CT molecular complexity index is 1200. The highest BCUT2D eigenvalue weighted by Crippen LogP contribution is 2.28. The fraction of sp³-hybridized carbons (Fsp3) is 0.217. The molecule has 8 heteroatoms. The minimum Gasteiger partial charge on any atom is -0.443 e. The highest BCUT2D eigenvalue weighted by Gasteiger charge is 2.28. The number of nitrogens with zero attached hydrogens (tertiary/aromatic N) is 5. The van der Waals surface area contributed by atoms with Crippen molar-refractivity contribution in [2.75, 3.05) is 4.90 Å². The van der Waals surface area contributed by atoms with E-state index in [0.29, 0.717) is 27.7 Å². The number of carbonyl (C=O) groups is 1. The molecule has 2 aromatic carbocycles. The van der Waals surface area contributed by atoms with Gasteiger partial charge in [0.25, 0.3) is 0 Å². The van der Waals surface area contributed by atoms with E-state index in [2.05, 4.69) is 4.98 Å². The van der Waals surface area contributed by atoms with Crippen LogP contribution in [0.25, 0.3) is 16.9 Å². The van der Waals surface area contributed by atoms with Gasteiger partial charge in [-0.15, -0.1) is 0 Å². The predicted molar refractivity (Wildman–Crippen MR) is 121 cm³/mol. The quantitative estimate of drug-likeness (QED) is 0.428. The van der Waals surface area contributed by atoms with E-state index < -0.39 is 11.7 Å². The third kappa shape index (κ3) is 4.83. The van der Waals surface area contributed by atoms with Crippen molar-refractivity contribution >= 4 is 34.5 Å². The molecule has 0 aliphatic carbocycles. The third-order valence-corrected chi connectivity index (χ3v) is 4.63. The Hall–Kier alpha value is -3.45. The predicted octanol–water partition coefficient (Wildman–Crippen LogP) is 5.41. The molecule has 0 aliphatic rings. The monoisotopic (exact) mass is 435 g/mol. The van der Waals surface area contributed by atoms with Gasteiger partial charge < -0.3 is 4.74 Å². The van der Waals surface area contributed by atoms with Gasteiger partial charge in [-0.1, -0.05) is 41.9 Å². The first-order valence-corrected chi connectivity index (χ1v) is 10.2. The van der Waals surface area contributed by atoms with Crippen molar-refractivity contribution in [2.45, 2.75) is 32.9 Å². The average molecular weight is 436 g/mol. The summed E-state index contributed by atoms with van der Waals surface area (Å²) in [5, 5.41) is 0.555. The maximum Gasteiger partial charge on any atom is 0.416 e. The lowest BCUT2D eigenvalue weighted by molar-refractivity contribution is 0.0576. The minimum atomic E-state index is -0.668. The summed E-state index contributed by atoms with van der Waals surface area (Å²) in [7, 11) is 0. The number of ether oxygens (including phenoxy) is 1. The number of carbonyl (C=O) groups excluding carboxylic acids is 1. The second-order valence-electron chi connectivity index (χ2n) is 8.03. The summed E-state index contributed by atoms with van der Waals surface area (Å²) in [5.41, 5.74) is 1.50. The number of amides is 1. The van der Waals surface area contributed by atoms with E-state index in [0.717, 1.165) is 5.56 Å². The van der Waals surface area contributed by atoms with Crippen LogP contribution in [0.1, 0.15) is 26.3 Å². The van der Waals surface area contributed by atoms with Crippen LogP contribution in [-0.4, -0.2) is 31.2 Å². The fourth-order valence-electron chi connectivity index (χ4n) is 3.06. The van der Waals surface area contributed by atoms with E-state index in [-0.39, 0.29) is 6.54 Å². The largest absolute Gasteiger partial charge is 0.443 e. The Morgan fingerprint density at radius 3 is 2.55 bits per heavy atom. The number of hydrogen-bond acceptors (Lipinski definition) is 5. The number of aromatic nitrogens is 4. The molecule has 158 valence electrons. The molecule has 7 nitrogen and oxygen atoms in total. The lowest BCUT2D eigenvalue weighted by Crippen LogP contribution is -2.37. The Labute approximate surface area is 185 Å². The zero-order valence-electron chi connectivity index (χ0n) is 17.5. The van der Waals surface area contributed by atoms with E-state index in [9.17, 15) is 4.79 Å². The molecule has 4 aromatic rings. The summed E-state index contributed by atoms with van der Waals surface area (Å²) in [4.78, 5) is 28.4. The van der Waals surface area contributed by atoms with Crippen molar-refractivity contribution in [3.8, 4) is 5.82 Å². The number of benzene rings is 2. The highest BCUT2D eigenvalue weighted by molar-refractivity contribution is 6.31. The van der Waals surface area contributed by atoms with Crippen LogP contribution < -0.4 is 4.90 Å². The van der Waals surface area contributed by atoms with Gasteiger partial charge in [0.05, 0.1) is 17.6 Å². The van der Waals surface area contributed by atoms with Crippen LogP contribution in [0, 0.1) is 0 Å². The maximum absolute atomic E-state index is 13.3. The summed E-state index contributed by atoms with van der Waals surface area (Å²) >= 11 is 6.16. The molecule has 0 aliphatic heterocycles. The summed E-state index contributed by atoms with van der Waals surface area (Å²) in [6.07, 6.45) is 4.49. The Balaban J connectivity index is 1.89. The summed E-state index contributed by atoms with van der Waals surface area (Å²) in [6, 6.07) is 14.9. The topological polar surface area (TPSA) is 73.1 Å². The average Bonchev–Trinajstić information content (AvgIpc) is 3.25. The van der Waals surface area contributed by atoms with Crippen LogP contribution in [0.5, 0.6) is 0 Å². The Morgan fingerprint density at radius 1 is 1.10 bits per heavy atom. The van der Waals surface area contributed by atoms with Crippen LogP contribution >= 0.6 is 11.6 Å². The number of hydrogen-bond donors (Lipinski definition) is 0. The van der Waals surface area contributed by atoms with Crippen LogP contribution in [0.4, 0.5) is 10.6 Å². The first-order valence-electron chi connectivity index (χ1n) is 9.80. The van der Waals surface area contributed by atoms with Crippen LogP contribution in [0.3, 0.4) is 0 Å². The number of fused-ring (bicyclic) bond motifs is 1. The van der Waals surface area contributed by atoms with Gasteiger partial charge in [0.15, 0.2) is 11.6 Å². The molecular formula is C23H22ClN5O2. The maximum atomic E-state index is 13.3. The second-order valence-corrected chi connectivity index (χ2v) is 8.46. The van der Waals surface area contributed by atoms with Crippen LogP contribution in [0.15, 0.2) is 67.3 Å². The standard InChI is InChI=1S/C23H22ClN5O2/c1-23(2,3)31-22(30)29(14-16-7-5-4-6-8-16)21-20(28-12-11-25-15-28)27-19-13-17(24)9-10-18(19)26-21/h4-13,15H,14H2,1-3H3. The van der Waals surface area contributed by atoms with Crippen LogP contribution in [-0.2, 0) is 11.3 Å². The van der Waals surface area contributed by atoms with Gasteiger partial charge in [0.1, 0.15) is 11.9 Å². The van der Waals surface area contributed by atoms with Gasteiger partial charge in [-0.2, -0.15) is 0 Å². The molecule has 0 bridgehead atoms. The molecule has 0 spiro atoms. The van der Waals surface area contributed by atoms with E-state index in [1.807, 2.05) is 51.1 Å². The van der Waals surface area contributed by atoms with Crippen LogP contribution in [0.2, 0.25) is 5.02 Å². The Morgan fingerprint density at radius 2 is 1.87 bits per heavy atom. The summed E-state index contributed by atoms with van der Waals surface area (Å²) in [5.74, 6) is 0.819. The smallest absolute Gasteiger partial charge is 0.416 e. The Kier molecular flexibility index (Phi) is 5.61. The number of halogens is 1. The molecule has 0 atom stereocenters. The van der Waals surface area contributed by atoms with E-state index in [1.165, 1.54) is 4.90 Å². The van der Waals surface area contributed by atoms with Crippen molar-refractivity contribution < 1.29 is 9.53 Å². The zero-order valence-corrected chi connectivity index (χ0v) is 18.2. The minimum absolute atomic E-state index is 0.269. The molecular weight excluding hydrogens is 414 g/mol. The van der Waals surface area contributed by atoms with E-state index in [1.54, 1.807) is 41.5 Å². The van der Waals surface area contributed by atoms with Gasteiger partial charge in [0, 0.05) is 17.4 Å². The SMILES string of the molecule is CC(C)(C)OC(=O)N(Cc1ccccc1)c1nc2ccc(Cl)cc2nc1-n1ccnc1. The van der Waals surface area contributed by atoms with Gasteiger partial charge in [-0.25, -0.2) is 19.7 Å². The lowest BCUT2D eigenvalue weighted by atomic mass is 10.2. The molecule has 4 rings (SSSR count). The van der Waals surface area contributed by atoms with Crippen molar-refractivity contribution in [1.29, 1.82) is 0 Å². The van der Waals surface area contributed by atoms with E-state index >= 15 is 0 Å². The number of imidazole rings is 1. The first kappa shape index (κ1) is 20.8. The molecule has 0 saturated heterocycles. The zero-order chi connectivity index (χ0) is 22.0. The van der Waals surface area contributed by atoms with Gasteiger partial charge in [-0.05, 0) is 44.5 Å². The van der Waals surface area contributed by atoms with Gasteiger partial charge in [0.2, 0.25) is 0 Å². The van der Waals surface area contributed by atoms with Crippen molar-refractivity contribution in [1.82, 2.24) is 19.5 Å². The molecule has 0 fully saturated rings. The lowest BCUT2D eigenvalue weighted by Gasteiger charge is -2.28. The number of anilines is 1. The van der Waals surface area contributed by atoms with E-state index in [4.69, 9.17) is 26.3 Å². The molecule has 2 aromatic heterocycles. The molecule has 2 heterocycles. The number of rotatable bonds is 4. The molecule has 0 radical (unpaired) electrons.